The van der Waals surface area contributed by atoms with Gasteiger partial charge in [-0.2, -0.15) is 0 Å². The van der Waals surface area contributed by atoms with E-state index in [-0.39, 0.29) is 24.2 Å². The summed E-state index contributed by atoms with van der Waals surface area (Å²) in [4.78, 5) is 11.7. The summed E-state index contributed by atoms with van der Waals surface area (Å²) < 4.78 is 12.2. The first kappa shape index (κ1) is 23.7. The van der Waals surface area contributed by atoms with Crippen molar-refractivity contribution < 1.29 is 19.4 Å². The van der Waals surface area contributed by atoms with Crippen LogP contribution in [0, 0.1) is 0 Å². The maximum atomic E-state index is 11.7. The number of fused-ring (bicyclic) bond motifs is 1. The fraction of sp³-hybridized carbons (Fsp3) is 0.519. The van der Waals surface area contributed by atoms with Crippen LogP contribution in [0.1, 0.15) is 62.3 Å². The maximum absolute atomic E-state index is 11.7. The van der Waals surface area contributed by atoms with Crippen LogP contribution in [0.2, 0.25) is 0 Å². The predicted molar refractivity (Wildman–Crippen MR) is 128 cm³/mol. The molecule has 1 amide bonds. The lowest BCUT2D eigenvalue weighted by Gasteiger charge is -2.48. The summed E-state index contributed by atoms with van der Waals surface area (Å²) in [6, 6.07) is 16.0. The summed E-state index contributed by atoms with van der Waals surface area (Å²) in [6.07, 6.45) is 4.44. The van der Waals surface area contributed by atoms with Crippen molar-refractivity contribution in [2.75, 3.05) is 13.2 Å². The number of aliphatic hydroxyl groups is 1. The van der Waals surface area contributed by atoms with Crippen LogP contribution in [0.4, 0.5) is 0 Å². The van der Waals surface area contributed by atoms with Crippen LogP contribution in [0.25, 0.3) is 0 Å². The van der Waals surface area contributed by atoms with Gasteiger partial charge in [0.2, 0.25) is 5.91 Å². The van der Waals surface area contributed by atoms with E-state index in [4.69, 9.17) is 9.47 Å². The molecule has 0 unspecified atom stereocenters. The zero-order chi connectivity index (χ0) is 23.3. The van der Waals surface area contributed by atoms with E-state index in [9.17, 15) is 9.90 Å². The van der Waals surface area contributed by atoms with Crippen LogP contribution >= 0.6 is 0 Å². The molecule has 1 heterocycles. The molecule has 1 fully saturated rings. The van der Waals surface area contributed by atoms with E-state index in [0.717, 1.165) is 42.6 Å². The van der Waals surface area contributed by atoms with Crippen molar-refractivity contribution in [3.8, 4) is 5.75 Å². The van der Waals surface area contributed by atoms with Crippen LogP contribution in [0.3, 0.4) is 0 Å². The SMILES string of the molecule is CCc1ccc2c(c1)[C@@H](NC[C@H](O)[C@H](COCc1ccccc1)NC(C)=O)CC1(CCC1)O2. The number of hydrogen-bond acceptors (Lipinski definition) is 5. The van der Waals surface area contributed by atoms with Crippen LogP contribution in [0.5, 0.6) is 5.75 Å². The fourth-order valence-corrected chi connectivity index (χ4v) is 4.79. The average molecular weight is 453 g/mol. The standard InChI is InChI=1S/C27H36N2O4/c1-3-20-10-11-26-22(14-20)23(15-27(33-26)12-7-13-27)28-16-25(31)24(29-19(2)30)18-32-17-21-8-5-4-6-9-21/h4-6,8-11,14,23-25,28,31H,3,7,12-13,15-18H2,1-2H3,(H,29,30)/t23-,24-,25-/m0/s1. The number of ether oxygens (including phenoxy) is 2. The smallest absolute Gasteiger partial charge is 0.217 e. The Hall–Kier alpha value is -2.41. The molecule has 1 aliphatic heterocycles. The zero-order valence-electron chi connectivity index (χ0n) is 19.7. The van der Waals surface area contributed by atoms with Gasteiger partial charge in [0.1, 0.15) is 11.4 Å². The minimum absolute atomic E-state index is 0.0841. The molecule has 6 nitrogen and oxygen atoms in total. The van der Waals surface area contributed by atoms with Gasteiger partial charge in [-0.3, -0.25) is 4.79 Å². The van der Waals surface area contributed by atoms with Crippen molar-refractivity contribution in [2.24, 2.45) is 0 Å². The Morgan fingerprint density at radius 3 is 2.67 bits per heavy atom. The van der Waals surface area contributed by atoms with Gasteiger partial charge in [0.15, 0.2) is 0 Å². The van der Waals surface area contributed by atoms with Crippen LogP contribution in [-0.4, -0.2) is 41.9 Å². The van der Waals surface area contributed by atoms with Gasteiger partial charge in [0.25, 0.3) is 0 Å². The molecular weight excluding hydrogens is 416 g/mol. The third kappa shape index (κ3) is 5.94. The topological polar surface area (TPSA) is 79.8 Å². The third-order valence-electron chi connectivity index (χ3n) is 6.86. The molecule has 0 bridgehead atoms. The molecule has 6 heteroatoms. The normalized spacial score (nSPS) is 20.3. The summed E-state index contributed by atoms with van der Waals surface area (Å²) in [5.74, 6) is 0.773. The number of amides is 1. The van der Waals surface area contributed by atoms with Crippen LogP contribution in [0.15, 0.2) is 48.5 Å². The van der Waals surface area contributed by atoms with Gasteiger partial charge in [-0.25, -0.2) is 0 Å². The third-order valence-corrected chi connectivity index (χ3v) is 6.86. The van der Waals surface area contributed by atoms with Gasteiger partial charge < -0.3 is 25.2 Å². The number of hydrogen-bond donors (Lipinski definition) is 3. The molecule has 1 spiro atoms. The number of nitrogens with one attached hydrogen (secondary N) is 2. The summed E-state index contributed by atoms with van der Waals surface area (Å²) >= 11 is 0. The highest BCUT2D eigenvalue weighted by Gasteiger charge is 2.45. The first-order chi connectivity index (χ1) is 16.0. The molecule has 0 saturated heterocycles. The Labute approximate surface area is 196 Å². The van der Waals surface area contributed by atoms with E-state index in [2.05, 4.69) is 35.8 Å². The molecule has 2 aromatic rings. The highest BCUT2D eigenvalue weighted by molar-refractivity contribution is 5.73. The van der Waals surface area contributed by atoms with E-state index >= 15 is 0 Å². The van der Waals surface area contributed by atoms with Crippen molar-refractivity contribution in [1.29, 1.82) is 0 Å². The molecule has 1 saturated carbocycles. The van der Waals surface area contributed by atoms with Gasteiger partial charge in [-0.05, 0) is 42.9 Å². The Morgan fingerprint density at radius 2 is 2.00 bits per heavy atom. The molecule has 33 heavy (non-hydrogen) atoms. The lowest BCUT2D eigenvalue weighted by Crippen LogP contribution is -2.52. The van der Waals surface area contributed by atoms with Crippen LogP contribution < -0.4 is 15.4 Å². The number of benzene rings is 2. The van der Waals surface area contributed by atoms with Gasteiger partial charge in [0.05, 0.1) is 25.4 Å². The Balaban J connectivity index is 1.39. The summed E-state index contributed by atoms with van der Waals surface area (Å²) in [6.45, 7) is 4.65. The van der Waals surface area contributed by atoms with E-state index in [1.165, 1.54) is 18.9 Å². The minimum atomic E-state index is -0.775. The molecule has 3 N–H and O–H groups in total. The van der Waals surface area contributed by atoms with Gasteiger partial charge >= 0.3 is 0 Å². The Bertz CT molecular complexity index is 929. The highest BCUT2D eigenvalue weighted by atomic mass is 16.5. The molecule has 2 aromatic carbocycles. The van der Waals surface area contributed by atoms with Crippen molar-refractivity contribution >= 4 is 5.91 Å². The fourth-order valence-electron chi connectivity index (χ4n) is 4.79. The summed E-state index contributed by atoms with van der Waals surface area (Å²) in [5, 5.41) is 17.4. The van der Waals surface area contributed by atoms with Gasteiger partial charge in [-0.1, -0.05) is 49.4 Å². The molecule has 1 aliphatic carbocycles. The Kier molecular flexibility index (Phi) is 7.68. The summed E-state index contributed by atoms with van der Waals surface area (Å²) in [5.41, 5.74) is 3.41. The predicted octanol–water partition coefficient (Wildman–Crippen LogP) is 3.67. The van der Waals surface area contributed by atoms with E-state index in [0.29, 0.717) is 13.2 Å². The first-order valence-corrected chi connectivity index (χ1v) is 12.1. The number of aliphatic hydroxyl groups excluding tert-OH is 1. The number of carbonyl (C=O) groups is 1. The zero-order valence-corrected chi connectivity index (χ0v) is 19.7. The number of aryl methyl sites for hydroxylation is 1. The van der Waals surface area contributed by atoms with Crippen LogP contribution in [-0.2, 0) is 22.6 Å². The van der Waals surface area contributed by atoms with E-state index in [1.54, 1.807) is 0 Å². The number of rotatable bonds is 10. The monoisotopic (exact) mass is 452 g/mol. The molecule has 2 aliphatic rings. The first-order valence-electron chi connectivity index (χ1n) is 12.1. The quantitative estimate of drug-likeness (QED) is 0.513. The van der Waals surface area contributed by atoms with Crippen molar-refractivity contribution in [3.63, 3.8) is 0 Å². The molecule has 3 atom stereocenters. The van der Waals surface area contributed by atoms with Crippen molar-refractivity contribution in [1.82, 2.24) is 10.6 Å². The molecule has 178 valence electrons. The average Bonchev–Trinajstić information content (AvgIpc) is 2.80. The van der Waals surface area contributed by atoms with Crippen molar-refractivity contribution in [2.45, 2.75) is 76.3 Å². The Morgan fingerprint density at radius 1 is 1.21 bits per heavy atom. The highest BCUT2D eigenvalue weighted by Crippen LogP contribution is 2.49. The molecule has 0 radical (unpaired) electrons. The molecule has 0 aromatic heterocycles. The summed E-state index contributed by atoms with van der Waals surface area (Å²) in [7, 11) is 0. The van der Waals surface area contributed by atoms with E-state index < -0.39 is 12.1 Å². The maximum Gasteiger partial charge on any atom is 0.217 e. The molecule has 4 rings (SSSR count). The van der Waals surface area contributed by atoms with Crippen molar-refractivity contribution in [3.05, 3.63) is 65.2 Å². The number of carbonyl (C=O) groups excluding carboxylic acids is 1. The molecular formula is C27H36N2O4. The second kappa shape index (κ2) is 10.7. The lowest BCUT2D eigenvalue weighted by atomic mass is 9.72. The lowest BCUT2D eigenvalue weighted by molar-refractivity contribution is -0.121. The second-order valence-corrected chi connectivity index (χ2v) is 9.40. The second-order valence-electron chi connectivity index (χ2n) is 9.40. The van der Waals surface area contributed by atoms with Gasteiger partial charge in [-0.15, -0.1) is 0 Å². The minimum Gasteiger partial charge on any atom is -0.487 e. The van der Waals surface area contributed by atoms with Gasteiger partial charge in [0, 0.05) is 31.5 Å². The largest absolute Gasteiger partial charge is 0.487 e. The van der Waals surface area contributed by atoms with E-state index in [1.807, 2.05) is 30.3 Å².